The van der Waals surface area contributed by atoms with Crippen LogP contribution in [0.5, 0.6) is 0 Å². The molecule has 0 saturated heterocycles. The van der Waals surface area contributed by atoms with E-state index in [4.69, 9.17) is 5.11 Å². The van der Waals surface area contributed by atoms with Gasteiger partial charge in [-0.2, -0.15) is 0 Å². The van der Waals surface area contributed by atoms with Gasteiger partial charge < -0.3 is 26.0 Å². The fourth-order valence-corrected chi connectivity index (χ4v) is 1.44. The van der Waals surface area contributed by atoms with Crippen molar-refractivity contribution < 1.29 is 24.3 Å². The third-order valence-corrected chi connectivity index (χ3v) is 2.40. The van der Waals surface area contributed by atoms with E-state index in [1.807, 2.05) is 0 Å². The molecule has 1 aromatic heterocycles. The summed E-state index contributed by atoms with van der Waals surface area (Å²) in [5.41, 5.74) is 0.557. The van der Waals surface area contributed by atoms with Gasteiger partial charge in [-0.1, -0.05) is 0 Å². The van der Waals surface area contributed by atoms with Crippen molar-refractivity contribution in [3.8, 4) is 0 Å². The van der Waals surface area contributed by atoms with Crippen LogP contribution in [0, 0.1) is 0 Å². The molecule has 0 bridgehead atoms. The highest BCUT2D eigenvalue weighted by atomic mass is 16.4. The van der Waals surface area contributed by atoms with Crippen molar-refractivity contribution in [2.45, 2.75) is 12.5 Å². The fourth-order valence-electron chi connectivity index (χ4n) is 1.44. The Balaban J connectivity index is 2.40. The smallest absolute Gasteiger partial charge is 0.326 e. The number of carboxylic acids is 1. The molecular weight excluding hydrogens is 282 g/mol. The van der Waals surface area contributed by atoms with Crippen LogP contribution in [0.1, 0.15) is 5.69 Å². The van der Waals surface area contributed by atoms with Gasteiger partial charge in [0.1, 0.15) is 6.04 Å². The zero-order chi connectivity index (χ0) is 15.7. The van der Waals surface area contributed by atoms with Crippen LogP contribution in [0.2, 0.25) is 0 Å². The molecule has 0 saturated carbocycles. The fraction of sp³-hybridized carbons (Fsp3) is 0.364. The summed E-state index contributed by atoms with van der Waals surface area (Å²) in [7, 11) is 0. The number of aliphatic carboxylic acids is 1. The van der Waals surface area contributed by atoms with Crippen LogP contribution in [0.25, 0.3) is 0 Å². The van der Waals surface area contributed by atoms with Crippen molar-refractivity contribution in [1.82, 2.24) is 25.9 Å². The lowest BCUT2D eigenvalue weighted by atomic mass is 10.1. The standard InChI is InChI=1S/C11H15N5O5/c17-6-13-3-9(18)14-4-10(19)16-8(11(20)21)1-7-2-12-5-15-7/h2,5-6,8H,1,3-4H2,(H,12,15)(H,13,17)(H,14,18)(H,16,19)(H,20,21)/t8-/m0/s1. The first kappa shape index (κ1) is 16.1. The van der Waals surface area contributed by atoms with Crippen LogP contribution in [-0.4, -0.2) is 58.4 Å². The minimum absolute atomic E-state index is 0.0434. The van der Waals surface area contributed by atoms with E-state index in [2.05, 4.69) is 25.9 Å². The molecule has 1 heterocycles. The van der Waals surface area contributed by atoms with Crippen LogP contribution in [0.4, 0.5) is 0 Å². The molecule has 0 radical (unpaired) electrons. The molecule has 0 aliphatic carbocycles. The molecule has 5 N–H and O–H groups in total. The van der Waals surface area contributed by atoms with Gasteiger partial charge in [-0.05, 0) is 0 Å². The summed E-state index contributed by atoms with van der Waals surface area (Å²) in [6.45, 7) is -0.639. The predicted molar refractivity (Wildman–Crippen MR) is 68.9 cm³/mol. The number of aromatic nitrogens is 2. The average molecular weight is 297 g/mol. The van der Waals surface area contributed by atoms with Gasteiger partial charge in [0.15, 0.2) is 0 Å². The Kier molecular flexibility index (Phi) is 6.38. The third kappa shape index (κ3) is 6.18. The second kappa shape index (κ2) is 8.30. The molecule has 0 aliphatic rings. The normalized spacial score (nSPS) is 11.2. The average Bonchev–Trinajstić information content (AvgIpc) is 2.95. The number of rotatable bonds is 9. The van der Waals surface area contributed by atoms with Crippen LogP contribution in [0.3, 0.4) is 0 Å². The molecule has 10 nitrogen and oxygen atoms in total. The van der Waals surface area contributed by atoms with Gasteiger partial charge in [-0.25, -0.2) is 9.78 Å². The maximum absolute atomic E-state index is 11.6. The summed E-state index contributed by atoms with van der Waals surface area (Å²) in [5.74, 6) is -2.41. The summed E-state index contributed by atoms with van der Waals surface area (Å²) in [6.07, 6.45) is 3.25. The number of amides is 3. The highest BCUT2D eigenvalue weighted by Crippen LogP contribution is 1.98. The van der Waals surface area contributed by atoms with Gasteiger partial charge in [-0.15, -0.1) is 0 Å². The summed E-state index contributed by atoms with van der Waals surface area (Å²) < 4.78 is 0. The minimum atomic E-state index is -1.20. The maximum Gasteiger partial charge on any atom is 0.326 e. The van der Waals surface area contributed by atoms with Gasteiger partial charge in [0.2, 0.25) is 18.2 Å². The van der Waals surface area contributed by atoms with E-state index in [9.17, 15) is 19.2 Å². The molecular formula is C11H15N5O5. The van der Waals surface area contributed by atoms with Gasteiger partial charge in [0.05, 0.1) is 19.4 Å². The molecule has 1 rings (SSSR count). The molecule has 10 heteroatoms. The lowest BCUT2D eigenvalue weighted by Gasteiger charge is -2.14. The molecule has 114 valence electrons. The first-order valence-electron chi connectivity index (χ1n) is 5.96. The van der Waals surface area contributed by atoms with Gasteiger partial charge in [0, 0.05) is 18.3 Å². The number of H-pyrrole nitrogens is 1. The number of imidazole rings is 1. The Bertz CT molecular complexity index is 501. The molecule has 0 unspecified atom stereocenters. The topological polar surface area (TPSA) is 153 Å². The summed E-state index contributed by atoms with van der Waals surface area (Å²) in [5, 5.41) is 15.7. The van der Waals surface area contributed by atoms with E-state index in [-0.39, 0.29) is 19.5 Å². The minimum Gasteiger partial charge on any atom is -0.480 e. The summed E-state index contributed by atoms with van der Waals surface area (Å²) in [4.78, 5) is 50.2. The molecule has 0 fully saturated rings. The number of carbonyl (C=O) groups excluding carboxylic acids is 3. The van der Waals surface area contributed by atoms with Crippen LogP contribution >= 0.6 is 0 Å². The molecule has 1 atom stereocenters. The second-order valence-corrected chi connectivity index (χ2v) is 4.01. The van der Waals surface area contributed by atoms with E-state index in [0.717, 1.165) is 0 Å². The Morgan fingerprint density at radius 3 is 2.67 bits per heavy atom. The van der Waals surface area contributed by atoms with E-state index in [1.165, 1.54) is 12.5 Å². The zero-order valence-corrected chi connectivity index (χ0v) is 11.0. The van der Waals surface area contributed by atoms with Crippen molar-refractivity contribution >= 4 is 24.2 Å². The van der Waals surface area contributed by atoms with E-state index >= 15 is 0 Å². The van der Waals surface area contributed by atoms with E-state index in [1.54, 1.807) is 0 Å². The van der Waals surface area contributed by atoms with E-state index < -0.39 is 23.8 Å². The first-order valence-corrected chi connectivity index (χ1v) is 5.96. The number of aromatic amines is 1. The molecule has 0 spiro atoms. The van der Waals surface area contributed by atoms with Crippen molar-refractivity contribution in [2.75, 3.05) is 13.1 Å². The maximum atomic E-state index is 11.6. The number of hydrogen-bond donors (Lipinski definition) is 5. The SMILES string of the molecule is O=CNCC(=O)NCC(=O)N[C@@H](Cc1cnc[nH]1)C(=O)O. The summed E-state index contributed by atoms with van der Waals surface area (Å²) in [6, 6.07) is -1.14. The summed E-state index contributed by atoms with van der Waals surface area (Å²) >= 11 is 0. The second-order valence-electron chi connectivity index (χ2n) is 4.01. The predicted octanol–water partition coefficient (Wildman–Crippen LogP) is -2.62. The highest BCUT2D eigenvalue weighted by molar-refractivity contribution is 5.88. The molecule has 0 aromatic carbocycles. The molecule has 21 heavy (non-hydrogen) atoms. The van der Waals surface area contributed by atoms with Gasteiger partial charge >= 0.3 is 5.97 Å². The lowest BCUT2D eigenvalue weighted by Crippen LogP contribution is -2.47. The van der Waals surface area contributed by atoms with Gasteiger partial charge in [0.25, 0.3) is 0 Å². The Labute approximate surface area is 119 Å². The number of hydrogen-bond acceptors (Lipinski definition) is 5. The molecule has 1 aromatic rings. The Hall–Kier alpha value is -2.91. The molecule has 3 amide bonds. The van der Waals surface area contributed by atoms with Crippen LogP contribution < -0.4 is 16.0 Å². The largest absolute Gasteiger partial charge is 0.480 e. The number of carbonyl (C=O) groups is 4. The van der Waals surface area contributed by atoms with Crippen LogP contribution in [-0.2, 0) is 25.6 Å². The quantitative estimate of drug-likeness (QED) is 0.315. The lowest BCUT2D eigenvalue weighted by molar-refractivity contribution is -0.141. The van der Waals surface area contributed by atoms with Gasteiger partial charge in [-0.3, -0.25) is 14.4 Å². The Morgan fingerprint density at radius 2 is 2.10 bits per heavy atom. The number of nitrogens with zero attached hydrogens (tertiary/aromatic N) is 1. The van der Waals surface area contributed by atoms with Crippen molar-refractivity contribution in [3.05, 3.63) is 18.2 Å². The monoisotopic (exact) mass is 297 g/mol. The van der Waals surface area contributed by atoms with E-state index in [0.29, 0.717) is 12.1 Å². The van der Waals surface area contributed by atoms with Crippen molar-refractivity contribution in [2.24, 2.45) is 0 Å². The zero-order valence-electron chi connectivity index (χ0n) is 11.0. The third-order valence-electron chi connectivity index (χ3n) is 2.40. The van der Waals surface area contributed by atoms with Crippen molar-refractivity contribution in [3.63, 3.8) is 0 Å². The van der Waals surface area contributed by atoms with Crippen molar-refractivity contribution in [1.29, 1.82) is 0 Å². The number of nitrogens with one attached hydrogen (secondary N) is 4. The highest BCUT2D eigenvalue weighted by Gasteiger charge is 2.21. The van der Waals surface area contributed by atoms with Crippen LogP contribution in [0.15, 0.2) is 12.5 Å². The Morgan fingerprint density at radius 1 is 1.33 bits per heavy atom. The number of carboxylic acid groups (broad SMARTS) is 1. The first-order chi connectivity index (χ1) is 10.0. The molecule has 0 aliphatic heterocycles.